The predicted octanol–water partition coefficient (Wildman–Crippen LogP) is 12.3. The van der Waals surface area contributed by atoms with Crippen LogP contribution in [0, 0.1) is 24.8 Å². The number of fused-ring (bicyclic) bond motifs is 4. The van der Waals surface area contributed by atoms with Crippen molar-refractivity contribution in [2.45, 2.75) is 92.9 Å². The summed E-state index contributed by atoms with van der Waals surface area (Å²) in [4.78, 5) is 16.5. The number of allylic oxidation sites excluding steroid dienone is 2. The fraction of sp³-hybridized carbons (Fsp3) is 0.415. The minimum Gasteiger partial charge on any atom is -0.512 e. The molecular formula is C41H49FIrNO2S-. The number of pyridine rings is 1. The second kappa shape index (κ2) is 18.0. The number of benzene rings is 3. The number of nitrogens with zero attached hydrogens (tertiary/aromatic N) is 1. The number of carbonyl (C=O) groups excluding carboxylic acids is 1. The molecule has 5 aromatic rings. The number of aromatic nitrogens is 1. The van der Waals surface area contributed by atoms with Crippen LogP contribution in [0.15, 0.2) is 66.6 Å². The molecule has 0 amide bonds. The predicted molar refractivity (Wildman–Crippen MR) is 196 cm³/mol. The van der Waals surface area contributed by atoms with E-state index in [4.69, 9.17) is 4.98 Å². The summed E-state index contributed by atoms with van der Waals surface area (Å²) in [5.41, 5.74) is 5.88. The zero-order valence-electron chi connectivity index (χ0n) is 28.9. The van der Waals surface area contributed by atoms with Gasteiger partial charge >= 0.3 is 0 Å². The molecule has 5 rings (SSSR count). The first-order valence-electron chi connectivity index (χ1n) is 16.9. The van der Waals surface area contributed by atoms with Crippen molar-refractivity contribution >= 4 is 48.1 Å². The first-order chi connectivity index (χ1) is 22.2. The Hall–Kier alpha value is -2.92. The van der Waals surface area contributed by atoms with E-state index in [1.54, 1.807) is 11.3 Å². The topological polar surface area (TPSA) is 50.2 Å². The van der Waals surface area contributed by atoms with Crippen molar-refractivity contribution < 1.29 is 34.4 Å². The van der Waals surface area contributed by atoms with Crippen LogP contribution in [0.25, 0.3) is 42.2 Å². The van der Waals surface area contributed by atoms with E-state index in [0.717, 1.165) is 48.7 Å². The second-order valence-electron chi connectivity index (χ2n) is 12.5. The quantitative estimate of drug-likeness (QED) is 0.0774. The van der Waals surface area contributed by atoms with Crippen molar-refractivity contribution in [2.24, 2.45) is 11.8 Å². The summed E-state index contributed by atoms with van der Waals surface area (Å²) < 4.78 is 15.2. The smallest absolute Gasteiger partial charge is 0.162 e. The largest absolute Gasteiger partial charge is 0.512 e. The van der Waals surface area contributed by atoms with E-state index in [-0.39, 0.29) is 50.2 Å². The number of aliphatic hydroxyl groups excluding tert-OH is 1. The van der Waals surface area contributed by atoms with Crippen molar-refractivity contribution in [3.63, 3.8) is 0 Å². The zero-order chi connectivity index (χ0) is 33.4. The van der Waals surface area contributed by atoms with Gasteiger partial charge in [0.15, 0.2) is 5.78 Å². The Labute approximate surface area is 298 Å². The van der Waals surface area contributed by atoms with Crippen LogP contribution in [-0.4, -0.2) is 22.5 Å². The van der Waals surface area contributed by atoms with Crippen LogP contribution in [0.3, 0.4) is 0 Å². The number of halogens is 1. The average Bonchev–Trinajstić information content (AvgIpc) is 3.45. The summed E-state index contributed by atoms with van der Waals surface area (Å²) >= 11 is 1.80. The van der Waals surface area contributed by atoms with E-state index in [2.05, 4.69) is 75.4 Å². The Morgan fingerprint density at radius 3 is 2.23 bits per heavy atom. The van der Waals surface area contributed by atoms with E-state index in [0.29, 0.717) is 12.3 Å². The number of aryl methyl sites for hydroxylation is 2. The summed E-state index contributed by atoms with van der Waals surface area (Å²) in [6.45, 7) is 14.4. The number of hydrogen-bond donors (Lipinski definition) is 1. The molecule has 0 aliphatic carbocycles. The van der Waals surface area contributed by atoms with Gasteiger partial charge in [0.1, 0.15) is 0 Å². The van der Waals surface area contributed by atoms with Gasteiger partial charge in [-0.15, -0.1) is 40.5 Å². The number of alkyl halides is 1. The number of thiophene rings is 1. The summed E-state index contributed by atoms with van der Waals surface area (Å²) in [5.74, 6) is 0.964. The van der Waals surface area contributed by atoms with Gasteiger partial charge in [-0.25, -0.2) is 0 Å². The summed E-state index contributed by atoms with van der Waals surface area (Å²) in [6.07, 6.45) is 8.18. The Morgan fingerprint density at radius 2 is 1.60 bits per heavy atom. The van der Waals surface area contributed by atoms with E-state index >= 15 is 0 Å². The van der Waals surface area contributed by atoms with Gasteiger partial charge in [0.25, 0.3) is 0 Å². The fourth-order valence-corrected chi connectivity index (χ4v) is 7.63. The third-order valence-electron chi connectivity index (χ3n) is 9.26. The molecule has 1 radical (unpaired) electrons. The molecular weight excluding hydrogens is 782 g/mol. The van der Waals surface area contributed by atoms with Crippen molar-refractivity contribution in [1.29, 1.82) is 0 Å². The molecule has 0 saturated heterocycles. The number of rotatable bonds is 12. The van der Waals surface area contributed by atoms with Crippen molar-refractivity contribution in [3.05, 3.63) is 89.3 Å². The standard InChI is InChI=1S/C28H25FNS.C13H24O2.Ir/c1-17(2)25-16-21(15-20-7-4-5-9-22(20)25)26-28-24(12-14-30-26)23-11-10-19(8-6-13-29)18(3)27(23)31-28;1-5-10(6-2)12(14)9-13(15)11(7-3)8-4;/h4-5,7,9-12,14,16-17H,6,8,13H2,1-3H3;9-11,14H,5-8H2,1-4H3;/q-1;;/b;12-9-;. The van der Waals surface area contributed by atoms with Gasteiger partial charge < -0.3 is 5.11 Å². The monoisotopic (exact) mass is 831 g/mol. The van der Waals surface area contributed by atoms with Gasteiger partial charge in [-0.2, -0.15) is 0 Å². The third-order valence-corrected chi connectivity index (χ3v) is 10.6. The summed E-state index contributed by atoms with van der Waals surface area (Å²) in [6, 6.07) is 20.9. The van der Waals surface area contributed by atoms with Crippen molar-refractivity contribution in [3.8, 4) is 11.3 Å². The number of ketones is 1. The van der Waals surface area contributed by atoms with Crippen LogP contribution in [0.1, 0.15) is 96.3 Å². The van der Waals surface area contributed by atoms with Gasteiger partial charge in [0, 0.05) is 64.7 Å². The van der Waals surface area contributed by atoms with E-state index in [1.165, 1.54) is 48.3 Å². The molecule has 3 aromatic carbocycles. The van der Waals surface area contributed by atoms with Gasteiger partial charge in [0.05, 0.1) is 12.4 Å². The Morgan fingerprint density at radius 1 is 0.936 bits per heavy atom. The molecule has 253 valence electrons. The van der Waals surface area contributed by atoms with Crippen LogP contribution in [0.5, 0.6) is 0 Å². The second-order valence-corrected chi connectivity index (χ2v) is 13.5. The number of aliphatic hydroxyl groups is 1. The van der Waals surface area contributed by atoms with E-state index in [9.17, 15) is 14.3 Å². The molecule has 2 heterocycles. The normalized spacial score (nSPS) is 11.9. The van der Waals surface area contributed by atoms with Gasteiger partial charge in [-0.1, -0.05) is 82.8 Å². The van der Waals surface area contributed by atoms with Gasteiger partial charge in [0.2, 0.25) is 0 Å². The first-order valence-corrected chi connectivity index (χ1v) is 17.8. The fourth-order valence-electron chi connectivity index (χ4n) is 6.30. The Bertz CT molecular complexity index is 1820. The third kappa shape index (κ3) is 8.76. The molecule has 47 heavy (non-hydrogen) atoms. The van der Waals surface area contributed by atoms with Gasteiger partial charge in [-0.3, -0.25) is 14.2 Å². The Balaban J connectivity index is 0.000000322. The minimum absolute atomic E-state index is 0. The molecule has 0 aliphatic heterocycles. The van der Waals surface area contributed by atoms with Crippen LogP contribution >= 0.6 is 11.3 Å². The average molecular weight is 831 g/mol. The summed E-state index contributed by atoms with van der Waals surface area (Å²) in [5, 5.41) is 14.6. The van der Waals surface area contributed by atoms with Crippen LogP contribution < -0.4 is 0 Å². The minimum atomic E-state index is -0.270. The maximum atomic E-state index is 12.7. The van der Waals surface area contributed by atoms with E-state index < -0.39 is 0 Å². The van der Waals surface area contributed by atoms with Crippen LogP contribution in [0.4, 0.5) is 4.39 Å². The molecule has 0 fully saturated rings. The molecule has 3 nitrogen and oxygen atoms in total. The van der Waals surface area contributed by atoms with Crippen molar-refractivity contribution in [2.75, 3.05) is 6.67 Å². The molecule has 0 saturated carbocycles. The number of carbonyl (C=O) groups is 1. The maximum Gasteiger partial charge on any atom is 0.162 e. The maximum absolute atomic E-state index is 12.7. The first kappa shape index (κ1) is 38.5. The molecule has 1 N–H and O–H groups in total. The zero-order valence-corrected chi connectivity index (χ0v) is 32.1. The van der Waals surface area contributed by atoms with Gasteiger partial charge in [-0.05, 0) is 73.9 Å². The molecule has 0 unspecified atom stereocenters. The van der Waals surface area contributed by atoms with Crippen LogP contribution in [0.2, 0.25) is 0 Å². The number of hydrogen-bond acceptors (Lipinski definition) is 4. The SMILES string of the molecule is CCC(CC)C(=O)/C=C(\O)C(CC)CC.Cc1c(CCCF)ccc2c1sc1c(-c3[c-]c4ccccc4c(C(C)C)c3)nccc12.[Ir]. The molecule has 2 aromatic heterocycles. The van der Waals surface area contributed by atoms with Crippen LogP contribution in [-0.2, 0) is 31.3 Å². The molecule has 0 aliphatic rings. The molecule has 0 atom stereocenters. The molecule has 6 heteroatoms. The van der Waals surface area contributed by atoms with E-state index in [1.807, 2.05) is 33.9 Å². The Kier molecular flexibility index (Phi) is 14.8. The molecule has 0 bridgehead atoms. The van der Waals surface area contributed by atoms with Crippen molar-refractivity contribution in [1.82, 2.24) is 4.98 Å². The molecule has 0 spiro atoms. The summed E-state index contributed by atoms with van der Waals surface area (Å²) in [7, 11) is 0.